The Balaban J connectivity index is 5.37. The highest BCUT2D eigenvalue weighted by atomic mass is 31.2. The topological polar surface area (TPSA) is 237 Å². The largest absolute Gasteiger partial charge is 0.472 e. The van der Waals surface area contributed by atoms with E-state index in [9.17, 15) is 43.2 Å². The van der Waals surface area contributed by atoms with Crippen molar-refractivity contribution in [3.63, 3.8) is 0 Å². The zero-order valence-electron chi connectivity index (χ0n) is 62.2. The summed E-state index contributed by atoms with van der Waals surface area (Å²) in [5.41, 5.74) is 0. The van der Waals surface area contributed by atoms with E-state index in [2.05, 4.69) is 101 Å². The molecule has 2 unspecified atom stereocenters. The van der Waals surface area contributed by atoms with Crippen LogP contribution in [0.1, 0.15) is 349 Å². The highest BCUT2D eigenvalue weighted by Crippen LogP contribution is 2.45. The molecule has 0 aliphatic carbocycles. The molecule has 0 fully saturated rings. The minimum absolute atomic E-state index is 0.0795. The minimum Gasteiger partial charge on any atom is -0.462 e. The number of aliphatic hydroxyl groups excluding tert-OH is 1. The zero-order chi connectivity index (χ0) is 71.8. The van der Waals surface area contributed by atoms with Gasteiger partial charge in [-0.15, -0.1) is 0 Å². The van der Waals surface area contributed by atoms with Gasteiger partial charge in [0.05, 0.1) is 26.4 Å². The van der Waals surface area contributed by atoms with Crippen molar-refractivity contribution in [1.82, 2.24) is 0 Å². The first-order valence-corrected chi connectivity index (χ1v) is 42.2. The van der Waals surface area contributed by atoms with E-state index < -0.39 is 97.5 Å². The van der Waals surface area contributed by atoms with Crippen LogP contribution in [0.25, 0.3) is 0 Å². The lowest BCUT2D eigenvalue weighted by Crippen LogP contribution is -2.30. The second-order valence-corrected chi connectivity index (χ2v) is 29.2. The van der Waals surface area contributed by atoms with E-state index in [1.54, 1.807) is 0 Å². The van der Waals surface area contributed by atoms with Gasteiger partial charge in [0, 0.05) is 25.7 Å². The first kappa shape index (κ1) is 94.5. The first-order chi connectivity index (χ1) is 47.7. The third-order valence-electron chi connectivity index (χ3n) is 16.6. The Morgan fingerprint density at radius 2 is 0.500 bits per heavy atom. The molecule has 0 bridgehead atoms. The molecule has 570 valence electrons. The van der Waals surface area contributed by atoms with Crippen LogP contribution in [-0.2, 0) is 65.4 Å². The minimum atomic E-state index is -4.98. The van der Waals surface area contributed by atoms with Gasteiger partial charge in [-0.1, -0.05) is 255 Å². The Bertz CT molecular complexity index is 2140. The third kappa shape index (κ3) is 70.9. The van der Waals surface area contributed by atoms with Gasteiger partial charge in [0.2, 0.25) is 0 Å². The number of hydrogen-bond donors (Lipinski definition) is 3. The van der Waals surface area contributed by atoms with Gasteiger partial charge in [0.25, 0.3) is 0 Å². The fraction of sp³-hybridized carbons (Fsp3) is 0.797. The second-order valence-electron chi connectivity index (χ2n) is 26.3. The van der Waals surface area contributed by atoms with Crippen LogP contribution in [0.5, 0.6) is 0 Å². The Labute approximate surface area is 596 Å². The summed E-state index contributed by atoms with van der Waals surface area (Å²) in [6, 6.07) is 0. The van der Waals surface area contributed by atoms with Crippen molar-refractivity contribution in [1.29, 1.82) is 0 Å². The lowest BCUT2D eigenvalue weighted by Gasteiger charge is -2.21. The maximum Gasteiger partial charge on any atom is 0.472 e. The molecule has 0 aliphatic rings. The standard InChI is InChI=1S/C79H142O17P2/c1-5-9-13-17-21-25-29-33-36-40-44-48-52-56-60-64-77(82)90-70-75(96-79(84)66-62-58-54-50-46-42-38-35-31-27-23-19-15-11-7-3)72-94-98(87,88)92-68-73(80)67-91-97(85,86)93-71-74(69-89-76(81)63-59-55-51-47-43-39-32-28-24-20-16-12-8-4)95-78(83)65-61-57-53-49-45-41-37-34-30-26-22-18-14-10-6-2/h22-23,26-28,32-38,73-75,80H,5-21,24-25,29-31,39-72H2,1-4H3,(H,85,86)(H,87,88)/b26-22-,27-23-,32-28-,36-33-,37-34-,38-35-/t73-,74+,75+/m0/s1. The predicted octanol–water partition coefficient (Wildman–Crippen LogP) is 22.4. The zero-order valence-corrected chi connectivity index (χ0v) is 64.0. The van der Waals surface area contributed by atoms with E-state index in [4.69, 9.17) is 37.0 Å². The van der Waals surface area contributed by atoms with Gasteiger partial charge in [-0.25, -0.2) is 9.13 Å². The van der Waals surface area contributed by atoms with Gasteiger partial charge in [0.15, 0.2) is 12.2 Å². The van der Waals surface area contributed by atoms with Crippen LogP contribution in [0.3, 0.4) is 0 Å². The fourth-order valence-corrected chi connectivity index (χ4v) is 12.1. The predicted molar refractivity (Wildman–Crippen MR) is 400 cm³/mol. The number of hydrogen-bond acceptors (Lipinski definition) is 15. The molecule has 0 aromatic heterocycles. The van der Waals surface area contributed by atoms with Gasteiger partial charge in [-0.2, -0.15) is 0 Å². The number of carbonyl (C=O) groups excluding carboxylic acids is 4. The molecule has 0 amide bonds. The molecule has 3 N–H and O–H groups in total. The van der Waals surface area contributed by atoms with Gasteiger partial charge < -0.3 is 33.8 Å². The van der Waals surface area contributed by atoms with Crippen molar-refractivity contribution in [3.05, 3.63) is 72.9 Å². The first-order valence-electron chi connectivity index (χ1n) is 39.2. The molecule has 0 rings (SSSR count). The molecule has 5 atom stereocenters. The van der Waals surface area contributed by atoms with Crippen molar-refractivity contribution in [2.45, 2.75) is 367 Å². The number of aliphatic hydroxyl groups is 1. The smallest absolute Gasteiger partial charge is 0.462 e. The summed E-state index contributed by atoms with van der Waals surface area (Å²) in [5, 5.41) is 10.6. The normalized spacial score (nSPS) is 14.3. The summed E-state index contributed by atoms with van der Waals surface area (Å²) >= 11 is 0. The average Bonchev–Trinajstić information content (AvgIpc) is 1.05. The summed E-state index contributed by atoms with van der Waals surface area (Å²) in [4.78, 5) is 72.9. The monoisotopic (exact) mass is 1420 g/mol. The third-order valence-corrected chi connectivity index (χ3v) is 18.5. The number of allylic oxidation sites excluding steroid dienone is 12. The average molecular weight is 1430 g/mol. The van der Waals surface area contributed by atoms with Crippen molar-refractivity contribution in [3.8, 4) is 0 Å². The Morgan fingerprint density at radius 1 is 0.286 bits per heavy atom. The van der Waals surface area contributed by atoms with Gasteiger partial charge >= 0.3 is 39.5 Å². The number of rotatable bonds is 74. The van der Waals surface area contributed by atoms with Crippen LogP contribution < -0.4 is 0 Å². The van der Waals surface area contributed by atoms with Crippen LogP contribution in [0, 0.1) is 0 Å². The molecule has 0 aromatic rings. The van der Waals surface area contributed by atoms with Crippen LogP contribution in [-0.4, -0.2) is 96.7 Å². The van der Waals surface area contributed by atoms with Gasteiger partial charge in [-0.05, 0) is 141 Å². The van der Waals surface area contributed by atoms with E-state index in [0.717, 1.165) is 167 Å². The molecule has 19 heteroatoms. The maximum atomic E-state index is 13.1. The molecule has 0 spiro atoms. The van der Waals surface area contributed by atoms with Crippen LogP contribution in [0.4, 0.5) is 0 Å². The summed E-state index contributed by atoms with van der Waals surface area (Å²) < 4.78 is 68.5. The van der Waals surface area contributed by atoms with Gasteiger partial charge in [0.1, 0.15) is 19.3 Å². The summed E-state index contributed by atoms with van der Waals surface area (Å²) in [7, 11) is -9.95. The number of carbonyl (C=O) groups is 4. The molecule has 0 radical (unpaired) electrons. The fourth-order valence-electron chi connectivity index (χ4n) is 10.6. The maximum absolute atomic E-state index is 13.1. The Hall–Kier alpha value is -3.50. The number of phosphoric ester groups is 2. The molecule has 17 nitrogen and oxygen atoms in total. The number of unbranched alkanes of at least 4 members (excludes halogenated alkanes) is 36. The number of ether oxygens (including phenoxy) is 4. The highest BCUT2D eigenvalue weighted by molar-refractivity contribution is 7.47. The summed E-state index contributed by atoms with van der Waals surface area (Å²) in [5.74, 6) is -2.20. The van der Waals surface area contributed by atoms with E-state index >= 15 is 0 Å². The SMILES string of the molecule is CCCCC/C=C\C/C=C\CCCCCCCC(=O)O[C@H](COC(=O)CCCCCCC/C=C\CCCCCC)COP(=O)(O)OC[C@H](O)COP(=O)(O)OC[C@@H](COC(=O)CCCCCCC/C=C\CCCCCCCC)OC(=O)CCCCCCC/C=C\C/C=C\CCCCC. The summed E-state index contributed by atoms with van der Waals surface area (Å²) in [6.45, 7) is 4.80. The molecule has 98 heavy (non-hydrogen) atoms. The van der Waals surface area contributed by atoms with Crippen molar-refractivity contribution < 1.29 is 80.2 Å². The second kappa shape index (κ2) is 71.9. The van der Waals surface area contributed by atoms with Gasteiger partial charge in [-0.3, -0.25) is 37.3 Å². The van der Waals surface area contributed by atoms with E-state index in [1.165, 1.54) is 103 Å². The number of phosphoric acid groups is 2. The Kier molecular flexibility index (Phi) is 69.3. The van der Waals surface area contributed by atoms with Crippen molar-refractivity contribution in [2.75, 3.05) is 39.6 Å². The number of esters is 4. The molecular weight excluding hydrogens is 1280 g/mol. The molecule has 0 saturated carbocycles. The van der Waals surface area contributed by atoms with Crippen LogP contribution in [0.15, 0.2) is 72.9 Å². The lowest BCUT2D eigenvalue weighted by atomic mass is 10.1. The molecular formula is C79H142O17P2. The summed E-state index contributed by atoms with van der Waals surface area (Å²) in [6.07, 6.45) is 71.6. The molecule has 0 aromatic carbocycles. The van der Waals surface area contributed by atoms with E-state index in [-0.39, 0.29) is 25.7 Å². The molecule has 0 aliphatic heterocycles. The molecule has 0 saturated heterocycles. The van der Waals surface area contributed by atoms with Crippen molar-refractivity contribution in [2.24, 2.45) is 0 Å². The Morgan fingerprint density at radius 3 is 0.796 bits per heavy atom. The van der Waals surface area contributed by atoms with Crippen LogP contribution in [0.2, 0.25) is 0 Å². The van der Waals surface area contributed by atoms with E-state index in [1.807, 2.05) is 0 Å². The van der Waals surface area contributed by atoms with Crippen molar-refractivity contribution >= 4 is 39.5 Å². The highest BCUT2D eigenvalue weighted by Gasteiger charge is 2.30. The van der Waals surface area contributed by atoms with Crippen LogP contribution >= 0.6 is 15.6 Å². The van der Waals surface area contributed by atoms with E-state index in [0.29, 0.717) is 25.7 Å². The quantitative estimate of drug-likeness (QED) is 0.0169. The molecule has 0 heterocycles. The lowest BCUT2D eigenvalue weighted by molar-refractivity contribution is -0.161.